The first-order chi connectivity index (χ1) is 17.0. The van der Waals surface area contributed by atoms with E-state index in [0.29, 0.717) is 34.7 Å². The number of pyridine rings is 1. The van der Waals surface area contributed by atoms with Crippen LogP contribution in [0.2, 0.25) is 0 Å². The molecule has 0 radical (unpaired) electrons. The molecule has 0 saturated heterocycles. The van der Waals surface area contributed by atoms with Crippen LogP contribution in [-0.4, -0.2) is 47.4 Å². The molecule has 2 N–H and O–H groups in total. The molecule has 172 valence electrons. The van der Waals surface area contributed by atoms with Gasteiger partial charge in [0.05, 0.1) is 34.6 Å². The maximum atomic E-state index is 13.2. The lowest BCUT2D eigenvalue weighted by atomic mass is 9.77. The smallest absolute Gasteiger partial charge is 0.273 e. The largest absolute Gasteiger partial charge is 0.332 e. The molecule has 0 aromatic carbocycles. The van der Waals surface area contributed by atoms with E-state index in [1.54, 1.807) is 34.9 Å². The van der Waals surface area contributed by atoms with Gasteiger partial charge in [-0.2, -0.15) is 10.4 Å². The Morgan fingerprint density at radius 1 is 1.17 bits per heavy atom. The van der Waals surface area contributed by atoms with Crippen LogP contribution in [0.25, 0.3) is 16.9 Å². The van der Waals surface area contributed by atoms with Crippen LogP contribution in [0.3, 0.4) is 0 Å². The Labute approximate surface area is 200 Å². The summed E-state index contributed by atoms with van der Waals surface area (Å²) in [6, 6.07) is 5.59. The fourth-order valence-corrected chi connectivity index (χ4v) is 5.66. The first kappa shape index (κ1) is 20.2. The van der Waals surface area contributed by atoms with E-state index in [4.69, 9.17) is 15.8 Å². The molecule has 10 nitrogen and oxygen atoms in total. The molecule has 7 rings (SSSR count). The molecule has 1 fully saturated rings. The Morgan fingerprint density at radius 3 is 2.69 bits per heavy atom. The van der Waals surface area contributed by atoms with Gasteiger partial charge < -0.3 is 10.6 Å². The lowest BCUT2D eigenvalue weighted by Gasteiger charge is -2.36. The Morgan fingerprint density at radius 2 is 1.97 bits per heavy atom. The highest BCUT2D eigenvalue weighted by atomic mass is 16.2. The van der Waals surface area contributed by atoms with Gasteiger partial charge in [-0.3, -0.25) is 9.78 Å². The molecule has 2 unspecified atom stereocenters. The number of hydrogen-bond donors (Lipinski definition) is 1. The molecular formula is C25H21N9O. The third kappa shape index (κ3) is 2.67. The van der Waals surface area contributed by atoms with Crippen molar-refractivity contribution < 1.29 is 4.79 Å². The highest BCUT2D eigenvalue weighted by molar-refractivity contribution is 5.96. The Balaban J connectivity index is 1.38. The van der Waals surface area contributed by atoms with E-state index in [0.717, 1.165) is 41.8 Å². The van der Waals surface area contributed by atoms with E-state index >= 15 is 0 Å². The van der Waals surface area contributed by atoms with Crippen molar-refractivity contribution in [2.75, 3.05) is 7.05 Å². The standard InChI is InChI=1S/C25H21N9O/c1-33-17-9-15(18-13(10-26)3-7-28-21(18)23(33)35)19-20(17)32-34-8-4-16(31-22(19)34)14-11-29-24(30-12-14)25(27)5-2-6-25/h3-4,7-8,11-12,15,17H,2,5-6,9,27H2,1H3. The van der Waals surface area contributed by atoms with Crippen LogP contribution in [0.1, 0.15) is 76.3 Å². The molecule has 1 aliphatic heterocycles. The van der Waals surface area contributed by atoms with Crippen LogP contribution in [0.4, 0.5) is 0 Å². The van der Waals surface area contributed by atoms with Gasteiger partial charge in [0, 0.05) is 54.4 Å². The second kappa shape index (κ2) is 6.90. The molecule has 3 aliphatic rings. The lowest BCUT2D eigenvalue weighted by molar-refractivity contribution is 0.0729. The fourth-order valence-electron chi connectivity index (χ4n) is 5.66. The quantitative estimate of drug-likeness (QED) is 0.478. The molecular weight excluding hydrogens is 442 g/mol. The van der Waals surface area contributed by atoms with Crippen LogP contribution >= 0.6 is 0 Å². The van der Waals surface area contributed by atoms with Crippen LogP contribution in [0, 0.1) is 11.3 Å². The zero-order valence-corrected chi connectivity index (χ0v) is 19.0. The molecule has 1 amide bonds. The first-order valence-corrected chi connectivity index (χ1v) is 11.7. The minimum absolute atomic E-state index is 0.192. The van der Waals surface area contributed by atoms with E-state index in [-0.39, 0.29) is 17.9 Å². The molecule has 10 heteroatoms. The average Bonchev–Trinajstić information content (AvgIpc) is 3.39. The fraction of sp³-hybridized carbons (Fsp3) is 0.320. The average molecular weight is 464 g/mol. The summed E-state index contributed by atoms with van der Waals surface area (Å²) in [5, 5.41) is 14.6. The molecule has 0 spiro atoms. The summed E-state index contributed by atoms with van der Waals surface area (Å²) in [6.45, 7) is 0. The number of carbonyl (C=O) groups is 1. The second-order valence-electron chi connectivity index (χ2n) is 9.64. The first-order valence-electron chi connectivity index (χ1n) is 11.7. The number of nitriles is 1. The van der Waals surface area contributed by atoms with Gasteiger partial charge >= 0.3 is 0 Å². The van der Waals surface area contributed by atoms with Gasteiger partial charge in [0.1, 0.15) is 11.5 Å². The molecule has 4 aromatic heterocycles. The zero-order chi connectivity index (χ0) is 23.9. The van der Waals surface area contributed by atoms with Crippen molar-refractivity contribution in [3.05, 3.63) is 70.8 Å². The zero-order valence-electron chi connectivity index (χ0n) is 19.0. The van der Waals surface area contributed by atoms with Gasteiger partial charge in [0.2, 0.25) is 0 Å². The molecule has 35 heavy (non-hydrogen) atoms. The number of aromatic nitrogens is 6. The van der Waals surface area contributed by atoms with Gasteiger partial charge in [-0.1, -0.05) is 0 Å². The summed E-state index contributed by atoms with van der Waals surface area (Å²) in [5.41, 5.74) is 11.4. The third-order valence-corrected chi connectivity index (χ3v) is 7.76. The Kier molecular flexibility index (Phi) is 3.97. The van der Waals surface area contributed by atoms with E-state index in [9.17, 15) is 10.1 Å². The van der Waals surface area contributed by atoms with Crippen LogP contribution in [0.5, 0.6) is 0 Å². The van der Waals surface area contributed by atoms with Crippen LogP contribution in [0.15, 0.2) is 36.9 Å². The van der Waals surface area contributed by atoms with E-state index in [2.05, 4.69) is 21.0 Å². The van der Waals surface area contributed by atoms with Gasteiger partial charge in [0.15, 0.2) is 5.65 Å². The van der Waals surface area contributed by atoms with Gasteiger partial charge in [0.25, 0.3) is 5.91 Å². The van der Waals surface area contributed by atoms with Crippen LogP contribution in [-0.2, 0) is 5.54 Å². The molecule has 5 heterocycles. The summed E-state index contributed by atoms with van der Waals surface area (Å²) in [6.07, 6.45) is 10.5. The highest BCUT2D eigenvalue weighted by Gasteiger charge is 2.46. The molecule has 2 bridgehead atoms. The number of carbonyl (C=O) groups excluding carboxylic acids is 1. The number of fused-ring (bicyclic) bond motifs is 9. The number of rotatable bonds is 2. The second-order valence-corrected chi connectivity index (χ2v) is 9.64. The molecule has 4 aromatic rings. The summed E-state index contributed by atoms with van der Waals surface area (Å²) in [7, 11) is 1.77. The minimum atomic E-state index is -0.415. The van der Waals surface area contributed by atoms with Crippen molar-refractivity contribution in [3.63, 3.8) is 0 Å². The van der Waals surface area contributed by atoms with Gasteiger partial charge in [-0.15, -0.1) is 0 Å². The topological polar surface area (TPSA) is 139 Å². The lowest BCUT2D eigenvalue weighted by Crippen LogP contribution is -2.44. The van der Waals surface area contributed by atoms with Crippen molar-refractivity contribution in [1.29, 1.82) is 5.26 Å². The number of nitrogens with two attached hydrogens (primary N) is 1. The van der Waals surface area contributed by atoms with Crippen molar-refractivity contribution in [2.24, 2.45) is 5.73 Å². The molecule has 2 atom stereocenters. The summed E-state index contributed by atoms with van der Waals surface area (Å²) in [4.78, 5) is 33.2. The Bertz CT molecular complexity index is 1580. The molecule has 1 saturated carbocycles. The van der Waals surface area contributed by atoms with E-state index < -0.39 is 5.54 Å². The van der Waals surface area contributed by atoms with Crippen molar-refractivity contribution in [2.45, 2.75) is 43.2 Å². The number of hydrogen-bond acceptors (Lipinski definition) is 8. The van der Waals surface area contributed by atoms with Crippen LogP contribution < -0.4 is 5.73 Å². The normalized spacial score (nSPS) is 21.7. The van der Waals surface area contributed by atoms with Crippen molar-refractivity contribution in [1.82, 2.24) is 34.4 Å². The predicted molar refractivity (Wildman–Crippen MR) is 124 cm³/mol. The minimum Gasteiger partial charge on any atom is -0.332 e. The summed E-state index contributed by atoms with van der Waals surface area (Å²) in [5.74, 6) is 0.281. The predicted octanol–water partition coefficient (Wildman–Crippen LogP) is 2.45. The number of amides is 1. The monoisotopic (exact) mass is 463 g/mol. The van der Waals surface area contributed by atoms with E-state index in [1.165, 1.54) is 6.20 Å². The maximum Gasteiger partial charge on any atom is 0.273 e. The molecule has 2 aliphatic carbocycles. The summed E-state index contributed by atoms with van der Waals surface area (Å²) < 4.78 is 1.75. The maximum absolute atomic E-state index is 13.2. The SMILES string of the molecule is CN1C(=O)c2nccc(C#N)c2C2CC1c1nn3ccc(-c4cnc(C5(N)CCC5)nc4)nc3c12. The van der Waals surface area contributed by atoms with Crippen molar-refractivity contribution in [3.8, 4) is 17.3 Å². The number of nitrogens with zero attached hydrogens (tertiary/aromatic N) is 8. The Hall–Kier alpha value is -4.23. The summed E-state index contributed by atoms with van der Waals surface area (Å²) >= 11 is 0. The third-order valence-electron chi connectivity index (χ3n) is 7.76. The van der Waals surface area contributed by atoms with Gasteiger partial charge in [-0.05, 0) is 37.8 Å². The highest BCUT2D eigenvalue weighted by Crippen LogP contribution is 2.51. The van der Waals surface area contributed by atoms with E-state index in [1.807, 2.05) is 12.3 Å². The van der Waals surface area contributed by atoms with Crippen molar-refractivity contribution >= 4 is 11.6 Å². The van der Waals surface area contributed by atoms with Gasteiger partial charge in [-0.25, -0.2) is 19.5 Å².